The SMILES string of the molecule is C1#CCOc2cccc(c2)OCC#CC#CCOc2cccc(c2)OCC#C1. The summed E-state index contributed by atoms with van der Waals surface area (Å²) < 4.78 is 22.3. The highest BCUT2D eigenvalue weighted by Gasteiger charge is 1.97. The lowest BCUT2D eigenvalue weighted by Crippen LogP contribution is -1.97. The van der Waals surface area contributed by atoms with Crippen LogP contribution < -0.4 is 18.9 Å². The molecule has 1 aliphatic rings. The summed E-state index contributed by atoms with van der Waals surface area (Å²) in [5, 5.41) is 0. The molecule has 0 saturated carbocycles. The third-order valence-corrected chi connectivity index (χ3v) is 3.33. The molecule has 0 atom stereocenters. The minimum Gasteiger partial charge on any atom is -0.481 e. The molecule has 4 bridgehead atoms. The van der Waals surface area contributed by atoms with Crippen LogP contribution in [0.4, 0.5) is 0 Å². The van der Waals surface area contributed by atoms with Crippen LogP contribution in [0.5, 0.6) is 23.0 Å². The molecular weight excluding hydrogens is 352 g/mol. The summed E-state index contributed by atoms with van der Waals surface area (Å²) in [7, 11) is 0. The van der Waals surface area contributed by atoms with Crippen LogP contribution in [-0.2, 0) is 0 Å². The average Bonchev–Trinajstić information content (AvgIpc) is 2.72. The second kappa shape index (κ2) is 10.8. The predicted octanol–water partition coefficient (Wildman–Crippen LogP) is 2.93. The molecule has 1 heterocycles. The van der Waals surface area contributed by atoms with E-state index in [-0.39, 0.29) is 26.4 Å². The summed E-state index contributed by atoms with van der Waals surface area (Å²) in [6, 6.07) is 14.6. The van der Waals surface area contributed by atoms with Crippen molar-refractivity contribution < 1.29 is 18.9 Å². The van der Waals surface area contributed by atoms with E-state index in [4.69, 9.17) is 18.9 Å². The van der Waals surface area contributed by atoms with Crippen LogP contribution in [0.2, 0.25) is 0 Å². The highest BCUT2D eigenvalue weighted by Crippen LogP contribution is 2.20. The summed E-state index contributed by atoms with van der Waals surface area (Å²) in [6.07, 6.45) is 0. The van der Waals surface area contributed by atoms with Crippen molar-refractivity contribution in [1.82, 2.24) is 0 Å². The van der Waals surface area contributed by atoms with E-state index in [1.165, 1.54) is 0 Å². The Morgan fingerprint density at radius 3 is 1.04 bits per heavy atom. The molecule has 0 saturated heterocycles. The number of benzene rings is 2. The molecule has 0 aliphatic carbocycles. The zero-order chi connectivity index (χ0) is 19.3. The molecule has 0 radical (unpaired) electrons. The molecule has 4 heteroatoms. The van der Waals surface area contributed by atoms with Gasteiger partial charge in [-0.25, -0.2) is 0 Å². The molecule has 2 aromatic rings. The Morgan fingerprint density at radius 2 is 0.750 bits per heavy atom. The molecule has 0 N–H and O–H groups in total. The Labute approximate surface area is 164 Å². The van der Waals surface area contributed by atoms with Gasteiger partial charge in [-0.2, -0.15) is 0 Å². The van der Waals surface area contributed by atoms with E-state index in [1.807, 2.05) is 36.4 Å². The molecule has 3 rings (SSSR count). The minimum atomic E-state index is 0.230. The van der Waals surface area contributed by atoms with E-state index < -0.39 is 0 Å². The molecule has 0 amide bonds. The van der Waals surface area contributed by atoms with Gasteiger partial charge in [0.15, 0.2) is 0 Å². The van der Waals surface area contributed by atoms with Gasteiger partial charge in [-0.1, -0.05) is 12.1 Å². The first-order valence-electron chi connectivity index (χ1n) is 8.53. The van der Waals surface area contributed by atoms with E-state index in [9.17, 15) is 0 Å². The van der Waals surface area contributed by atoms with E-state index in [0.717, 1.165) is 0 Å². The Hall–Kier alpha value is -4.12. The molecule has 28 heavy (non-hydrogen) atoms. The van der Waals surface area contributed by atoms with Crippen molar-refractivity contribution in [2.75, 3.05) is 26.4 Å². The van der Waals surface area contributed by atoms with Crippen LogP contribution in [0.1, 0.15) is 0 Å². The Balaban J connectivity index is 1.69. The van der Waals surface area contributed by atoms with Crippen molar-refractivity contribution in [3.63, 3.8) is 0 Å². The van der Waals surface area contributed by atoms with E-state index in [1.54, 1.807) is 12.1 Å². The van der Waals surface area contributed by atoms with Crippen LogP contribution in [0.25, 0.3) is 0 Å². The molecule has 0 aromatic heterocycles. The molecule has 2 aromatic carbocycles. The fraction of sp³-hybridized carbons (Fsp3) is 0.167. The van der Waals surface area contributed by atoms with Gasteiger partial charge >= 0.3 is 0 Å². The third kappa shape index (κ3) is 6.65. The van der Waals surface area contributed by atoms with Gasteiger partial charge in [-0.05, 0) is 71.6 Å². The first-order chi connectivity index (χ1) is 13.9. The van der Waals surface area contributed by atoms with Crippen molar-refractivity contribution >= 4 is 0 Å². The number of fused-ring (bicyclic) bond motifs is 4. The van der Waals surface area contributed by atoms with Crippen LogP contribution in [0.3, 0.4) is 0 Å². The number of ether oxygens (including phenoxy) is 4. The van der Waals surface area contributed by atoms with Gasteiger partial charge < -0.3 is 18.9 Å². The number of hydrogen-bond acceptors (Lipinski definition) is 4. The Kier molecular flexibility index (Phi) is 7.18. The van der Waals surface area contributed by atoms with Crippen LogP contribution in [0, 0.1) is 47.4 Å². The van der Waals surface area contributed by atoms with Gasteiger partial charge in [-0.15, -0.1) is 0 Å². The highest BCUT2D eigenvalue weighted by molar-refractivity contribution is 5.36. The van der Waals surface area contributed by atoms with Crippen molar-refractivity contribution in [3.05, 3.63) is 48.5 Å². The standard InChI is InChI=1S/C24H16O4/c1-2-6-16-26-22-12-10-14-24(20-22)28-18-8-4-3-7-17-27-23-13-9-11-21(19-23)25-15-5-1/h9-14,19-20H,15-18H2. The molecule has 0 unspecified atom stereocenters. The molecule has 1 aliphatic heterocycles. The van der Waals surface area contributed by atoms with Crippen molar-refractivity contribution in [2.45, 2.75) is 0 Å². The van der Waals surface area contributed by atoms with E-state index >= 15 is 0 Å². The van der Waals surface area contributed by atoms with Crippen molar-refractivity contribution in [1.29, 1.82) is 0 Å². The quantitative estimate of drug-likeness (QED) is 0.670. The maximum Gasteiger partial charge on any atom is 0.150 e. The van der Waals surface area contributed by atoms with Crippen molar-refractivity contribution in [3.8, 4) is 70.4 Å². The summed E-state index contributed by atoms with van der Waals surface area (Å²) >= 11 is 0. The van der Waals surface area contributed by atoms with Gasteiger partial charge in [0.05, 0.1) is 0 Å². The lowest BCUT2D eigenvalue weighted by Gasteiger charge is -2.05. The van der Waals surface area contributed by atoms with E-state index in [2.05, 4.69) is 47.4 Å². The summed E-state index contributed by atoms with van der Waals surface area (Å²) in [6.45, 7) is 0.920. The van der Waals surface area contributed by atoms with E-state index in [0.29, 0.717) is 23.0 Å². The number of rotatable bonds is 0. The monoisotopic (exact) mass is 368 g/mol. The second-order valence-corrected chi connectivity index (χ2v) is 5.31. The van der Waals surface area contributed by atoms with Crippen molar-refractivity contribution in [2.24, 2.45) is 0 Å². The summed E-state index contributed by atoms with van der Waals surface area (Å²) in [4.78, 5) is 0. The molecule has 0 fully saturated rings. The lowest BCUT2D eigenvalue weighted by molar-refractivity contribution is 0.351. The smallest absolute Gasteiger partial charge is 0.150 e. The third-order valence-electron chi connectivity index (χ3n) is 3.33. The fourth-order valence-electron chi connectivity index (χ4n) is 2.11. The normalized spacial score (nSPS) is 12.9. The maximum absolute atomic E-state index is 5.56. The zero-order valence-corrected chi connectivity index (χ0v) is 15.1. The number of hydrogen-bond donors (Lipinski definition) is 0. The average molecular weight is 368 g/mol. The zero-order valence-electron chi connectivity index (χ0n) is 15.1. The molecule has 4 nitrogen and oxygen atoms in total. The minimum absolute atomic E-state index is 0.230. The largest absolute Gasteiger partial charge is 0.481 e. The highest BCUT2D eigenvalue weighted by atomic mass is 16.5. The Bertz CT molecular complexity index is 890. The van der Waals surface area contributed by atoms with Gasteiger partial charge in [0, 0.05) is 12.1 Å². The van der Waals surface area contributed by atoms with Gasteiger partial charge in [0.25, 0.3) is 0 Å². The maximum atomic E-state index is 5.56. The Morgan fingerprint density at radius 1 is 0.464 bits per heavy atom. The van der Waals surface area contributed by atoms with Crippen LogP contribution in [0.15, 0.2) is 48.5 Å². The molecular formula is C24H16O4. The van der Waals surface area contributed by atoms with Gasteiger partial charge in [0.1, 0.15) is 49.4 Å². The molecule has 136 valence electrons. The topological polar surface area (TPSA) is 36.9 Å². The summed E-state index contributed by atoms with van der Waals surface area (Å²) in [5.74, 6) is 24.9. The van der Waals surface area contributed by atoms with Gasteiger partial charge in [-0.3, -0.25) is 0 Å². The van der Waals surface area contributed by atoms with Gasteiger partial charge in [0.2, 0.25) is 0 Å². The van der Waals surface area contributed by atoms with Crippen LogP contribution in [-0.4, -0.2) is 26.4 Å². The predicted molar refractivity (Wildman–Crippen MR) is 106 cm³/mol. The fourth-order valence-corrected chi connectivity index (χ4v) is 2.11. The first-order valence-corrected chi connectivity index (χ1v) is 8.53. The molecule has 0 spiro atoms. The second-order valence-electron chi connectivity index (χ2n) is 5.31. The first kappa shape index (κ1) is 18.7. The summed E-state index contributed by atoms with van der Waals surface area (Å²) in [5.41, 5.74) is 0. The lowest BCUT2D eigenvalue weighted by atomic mass is 10.3. The van der Waals surface area contributed by atoms with Crippen LogP contribution >= 0.6 is 0 Å².